The Morgan fingerprint density at radius 2 is 1.75 bits per heavy atom. The minimum absolute atomic E-state index is 0.474. The van der Waals surface area contributed by atoms with Gasteiger partial charge in [-0.25, -0.2) is 9.97 Å². The molecule has 1 N–H and O–H groups in total. The maximum atomic E-state index is 6.14. The lowest BCUT2D eigenvalue weighted by Crippen LogP contribution is -1.96. The molecule has 0 atom stereocenters. The molecule has 2 aromatic carbocycles. The van der Waals surface area contributed by atoms with Gasteiger partial charge < -0.3 is 14.8 Å². The molecule has 5 nitrogen and oxygen atoms in total. The van der Waals surface area contributed by atoms with Crippen molar-refractivity contribution in [3.05, 3.63) is 58.2 Å². The molecule has 0 bridgehead atoms. The SMILES string of the molecule is COc1ccc(-c2csc3ncnc(Nc4ccc(Cl)c(Cl)c4)c23)cc1OC. The van der Waals surface area contributed by atoms with Crippen LogP contribution in [0.5, 0.6) is 11.5 Å². The van der Waals surface area contributed by atoms with Gasteiger partial charge in [-0.05, 0) is 35.9 Å². The zero-order valence-electron chi connectivity index (χ0n) is 15.0. The summed E-state index contributed by atoms with van der Waals surface area (Å²) in [6.45, 7) is 0. The predicted octanol–water partition coefficient (Wildman–Crippen LogP) is 6.43. The third-order valence-electron chi connectivity index (χ3n) is 4.25. The molecule has 2 aromatic heterocycles. The van der Waals surface area contributed by atoms with E-state index in [1.54, 1.807) is 37.7 Å². The Morgan fingerprint density at radius 3 is 2.50 bits per heavy atom. The zero-order chi connectivity index (χ0) is 19.7. The van der Waals surface area contributed by atoms with E-state index in [-0.39, 0.29) is 0 Å². The van der Waals surface area contributed by atoms with Crippen LogP contribution < -0.4 is 14.8 Å². The summed E-state index contributed by atoms with van der Waals surface area (Å²) >= 11 is 13.7. The van der Waals surface area contributed by atoms with Crippen LogP contribution in [0.3, 0.4) is 0 Å². The summed E-state index contributed by atoms with van der Waals surface area (Å²) in [6, 6.07) is 11.2. The van der Waals surface area contributed by atoms with E-state index < -0.39 is 0 Å². The smallest absolute Gasteiger partial charge is 0.161 e. The molecular formula is C20H15Cl2N3O2S. The highest BCUT2D eigenvalue weighted by Crippen LogP contribution is 2.40. The number of nitrogens with one attached hydrogen (secondary N) is 1. The number of benzene rings is 2. The van der Waals surface area contributed by atoms with Crippen molar-refractivity contribution in [1.29, 1.82) is 0 Å². The highest BCUT2D eigenvalue weighted by Gasteiger charge is 2.15. The van der Waals surface area contributed by atoms with Crippen LogP contribution >= 0.6 is 34.5 Å². The molecule has 8 heteroatoms. The Bertz CT molecular complexity index is 1160. The Labute approximate surface area is 175 Å². The van der Waals surface area contributed by atoms with Gasteiger partial charge in [-0.3, -0.25) is 0 Å². The van der Waals surface area contributed by atoms with Crippen LogP contribution in [0.2, 0.25) is 10.0 Å². The Balaban J connectivity index is 1.82. The first-order chi connectivity index (χ1) is 13.6. The predicted molar refractivity (Wildman–Crippen MR) is 116 cm³/mol. The zero-order valence-corrected chi connectivity index (χ0v) is 17.3. The molecule has 0 aliphatic rings. The molecule has 0 saturated heterocycles. The summed E-state index contributed by atoms with van der Waals surface area (Å²) < 4.78 is 10.8. The van der Waals surface area contributed by atoms with Gasteiger partial charge in [0, 0.05) is 16.6 Å². The van der Waals surface area contributed by atoms with Crippen LogP contribution in [-0.2, 0) is 0 Å². The second kappa shape index (κ2) is 7.83. The summed E-state index contributed by atoms with van der Waals surface area (Å²) in [7, 11) is 3.23. The molecule has 0 fully saturated rings. The molecule has 142 valence electrons. The lowest BCUT2D eigenvalue weighted by Gasteiger charge is -2.11. The third-order valence-corrected chi connectivity index (χ3v) is 5.87. The fourth-order valence-electron chi connectivity index (χ4n) is 2.90. The number of thiophene rings is 1. The number of fused-ring (bicyclic) bond motifs is 1. The number of hydrogen-bond acceptors (Lipinski definition) is 6. The number of methoxy groups -OCH3 is 2. The lowest BCUT2D eigenvalue weighted by atomic mass is 10.1. The molecular weight excluding hydrogens is 417 g/mol. The van der Waals surface area contributed by atoms with Gasteiger partial charge in [0.15, 0.2) is 11.5 Å². The van der Waals surface area contributed by atoms with Gasteiger partial charge in [0.25, 0.3) is 0 Å². The molecule has 28 heavy (non-hydrogen) atoms. The van der Waals surface area contributed by atoms with Crippen LogP contribution in [0.1, 0.15) is 0 Å². The second-order valence-electron chi connectivity index (χ2n) is 5.88. The number of halogens is 2. The van der Waals surface area contributed by atoms with E-state index in [1.807, 2.05) is 24.3 Å². The van der Waals surface area contributed by atoms with Crippen LogP contribution in [0.15, 0.2) is 48.1 Å². The molecule has 2 heterocycles. The van der Waals surface area contributed by atoms with Gasteiger partial charge in [0.2, 0.25) is 0 Å². The minimum atomic E-state index is 0.474. The average Bonchev–Trinajstić information content (AvgIpc) is 3.15. The average molecular weight is 432 g/mol. The Morgan fingerprint density at radius 1 is 0.929 bits per heavy atom. The van der Waals surface area contributed by atoms with Crippen molar-refractivity contribution in [3.8, 4) is 22.6 Å². The molecule has 4 rings (SSSR count). The normalized spacial score (nSPS) is 10.9. The lowest BCUT2D eigenvalue weighted by molar-refractivity contribution is 0.355. The van der Waals surface area contributed by atoms with Gasteiger partial charge in [-0.2, -0.15) is 0 Å². The fraction of sp³-hybridized carbons (Fsp3) is 0.100. The van der Waals surface area contributed by atoms with Gasteiger partial charge >= 0.3 is 0 Å². The van der Waals surface area contributed by atoms with Crippen molar-refractivity contribution in [2.45, 2.75) is 0 Å². The van der Waals surface area contributed by atoms with Crippen molar-refractivity contribution >= 4 is 56.3 Å². The molecule has 0 unspecified atom stereocenters. The summed E-state index contributed by atoms with van der Waals surface area (Å²) in [5.41, 5.74) is 2.78. The van der Waals surface area contributed by atoms with Crippen LogP contribution in [0.25, 0.3) is 21.3 Å². The van der Waals surface area contributed by atoms with E-state index in [9.17, 15) is 0 Å². The monoisotopic (exact) mass is 431 g/mol. The molecule has 4 aromatic rings. The summed E-state index contributed by atoms with van der Waals surface area (Å²) in [4.78, 5) is 9.72. The van der Waals surface area contributed by atoms with Crippen LogP contribution in [-0.4, -0.2) is 24.2 Å². The van der Waals surface area contributed by atoms with Gasteiger partial charge in [-0.15, -0.1) is 11.3 Å². The van der Waals surface area contributed by atoms with Crippen molar-refractivity contribution in [2.24, 2.45) is 0 Å². The summed E-state index contributed by atoms with van der Waals surface area (Å²) in [6.07, 6.45) is 1.54. The quantitative estimate of drug-likeness (QED) is 0.394. The first kappa shape index (κ1) is 18.8. The number of anilines is 2. The maximum absolute atomic E-state index is 6.14. The molecule has 0 aliphatic carbocycles. The number of hydrogen-bond donors (Lipinski definition) is 1. The Hall–Kier alpha value is -2.54. The fourth-order valence-corrected chi connectivity index (χ4v) is 4.11. The van der Waals surface area contributed by atoms with Crippen molar-refractivity contribution < 1.29 is 9.47 Å². The number of ether oxygens (including phenoxy) is 2. The standard InChI is InChI=1S/C20H15Cl2N3O2S/c1-26-16-6-3-11(7-17(16)27-2)13-9-28-20-18(13)19(23-10-24-20)25-12-4-5-14(21)15(22)8-12/h3-10H,1-2H3,(H,23,24,25). The molecule has 0 saturated carbocycles. The second-order valence-corrected chi connectivity index (χ2v) is 7.55. The van der Waals surface area contributed by atoms with E-state index in [0.29, 0.717) is 27.4 Å². The Kier molecular flexibility index (Phi) is 5.26. The van der Waals surface area contributed by atoms with Gasteiger partial charge in [0.05, 0.1) is 29.7 Å². The number of nitrogens with zero attached hydrogens (tertiary/aromatic N) is 2. The largest absolute Gasteiger partial charge is 0.493 e. The van der Waals surface area contributed by atoms with Crippen molar-refractivity contribution in [3.63, 3.8) is 0 Å². The van der Waals surface area contributed by atoms with E-state index in [1.165, 1.54) is 6.33 Å². The highest BCUT2D eigenvalue weighted by atomic mass is 35.5. The first-order valence-corrected chi connectivity index (χ1v) is 9.91. The number of rotatable bonds is 5. The van der Waals surface area contributed by atoms with Crippen molar-refractivity contribution in [2.75, 3.05) is 19.5 Å². The topological polar surface area (TPSA) is 56.3 Å². The minimum Gasteiger partial charge on any atom is -0.493 e. The highest BCUT2D eigenvalue weighted by molar-refractivity contribution is 7.17. The summed E-state index contributed by atoms with van der Waals surface area (Å²) in [5.74, 6) is 2.03. The van der Waals surface area contributed by atoms with Crippen molar-refractivity contribution in [1.82, 2.24) is 9.97 Å². The van der Waals surface area contributed by atoms with Gasteiger partial charge in [0.1, 0.15) is 17.0 Å². The van der Waals surface area contributed by atoms with Gasteiger partial charge in [-0.1, -0.05) is 29.3 Å². The van der Waals surface area contributed by atoms with E-state index in [0.717, 1.165) is 27.0 Å². The van der Waals surface area contributed by atoms with E-state index >= 15 is 0 Å². The molecule has 0 amide bonds. The molecule has 0 spiro atoms. The third kappa shape index (κ3) is 3.46. The molecule has 0 aliphatic heterocycles. The van der Waals surface area contributed by atoms with Crippen LogP contribution in [0.4, 0.5) is 11.5 Å². The van der Waals surface area contributed by atoms with Crippen LogP contribution in [0, 0.1) is 0 Å². The first-order valence-electron chi connectivity index (χ1n) is 8.27. The van der Waals surface area contributed by atoms with E-state index in [2.05, 4.69) is 20.7 Å². The number of aromatic nitrogens is 2. The van der Waals surface area contributed by atoms with E-state index in [4.69, 9.17) is 32.7 Å². The molecule has 0 radical (unpaired) electrons. The maximum Gasteiger partial charge on any atom is 0.161 e. The summed E-state index contributed by atoms with van der Waals surface area (Å²) in [5, 5.41) is 7.27.